The third kappa shape index (κ3) is 4.04. The highest BCUT2D eigenvalue weighted by Crippen LogP contribution is 2.26. The van der Waals surface area contributed by atoms with E-state index in [0.29, 0.717) is 11.5 Å². The van der Waals surface area contributed by atoms with Crippen LogP contribution in [0.15, 0.2) is 52.4 Å². The van der Waals surface area contributed by atoms with Crippen molar-refractivity contribution in [1.29, 1.82) is 5.26 Å². The Morgan fingerprint density at radius 2 is 1.94 bits per heavy atom. The molecule has 0 radical (unpaired) electrons. The predicted octanol–water partition coefficient (Wildman–Crippen LogP) is 1.91. The number of sulfone groups is 1. The van der Waals surface area contributed by atoms with E-state index in [1.165, 1.54) is 22.9 Å². The van der Waals surface area contributed by atoms with Gasteiger partial charge in [0.15, 0.2) is 15.7 Å². The monoisotopic (exact) mass is 476 g/mol. The first-order valence-corrected chi connectivity index (χ1v) is 12.0. The number of nitrogens with two attached hydrogens (primary N) is 1. The van der Waals surface area contributed by atoms with Gasteiger partial charge in [-0.3, -0.25) is 14.3 Å². The van der Waals surface area contributed by atoms with E-state index < -0.39 is 21.4 Å². The number of rotatable bonds is 5. The molecule has 0 saturated heterocycles. The van der Waals surface area contributed by atoms with Crippen molar-refractivity contribution in [3.05, 3.63) is 70.3 Å². The van der Waals surface area contributed by atoms with Gasteiger partial charge in [-0.25, -0.2) is 23.4 Å². The van der Waals surface area contributed by atoms with Crippen LogP contribution in [-0.4, -0.2) is 39.2 Å². The second kappa shape index (κ2) is 8.53. The van der Waals surface area contributed by atoms with E-state index in [2.05, 4.69) is 25.3 Å². The molecule has 0 aliphatic rings. The lowest BCUT2D eigenvalue weighted by Crippen LogP contribution is -2.28. The molecule has 3 N–H and O–H groups in total. The van der Waals surface area contributed by atoms with Crippen LogP contribution < -0.4 is 16.6 Å². The van der Waals surface area contributed by atoms with Gasteiger partial charge >= 0.3 is 0 Å². The highest BCUT2D eigenvalue weighted by atomic mass is 32.2. The third-order valence-electron chi connectivity index (χ3n) is 5.09. The number of hydrogen-bond donors (Lipinski definition) is 2. The zero-order chi connectivity index (χ0) is 24.6. The fourth-order valence-corrected chi connectivity index (χ4v) is 4.52. The molecule has 1 aromatic carbocycles. The minimum atomic E-state index is -3.70. The normalized spacial score (nSPS) is 12.3. The number of hydrogen-bond acceptors (Lipinski definition) is 10. The molecule has 0 amide bonds. The second-order valence-corrected chi connectivity index (χ2v) is 9.59. The Hall–Kier alpha value is -4.37. The molecular weight excluding hydrogens is 456 g/mol. The predicted molar refractivity (Wildman–Crippen MR) is 126 cm³/mol. The van der Waals surface area contributed by atoms with E-state index in [1.807, 2.05) is 6.07 Å². The Kier molecular flexibility index (Phi) is 5.72. The maximum Gasteiger partial charge on any atom is 0.267 e. The molecule has 0 aliphatic heterocycles. The maximum absolute atomic E-state index is 13.7. The topological polar surface area (TPSA) is 170 Å². The molecule has 0 fully saturated rings. The summed E-state index contributed by atoms with van der Waals surface area (Å²) < 4.78 is 26.1. The molecule has 1 atom stereocenters. The van der Waals surface area contributed by atoms with Gasteiger partial charge in [-0.2, -0.15) is 5.26 Å². The van der Waals surface area contributed by atoms with Crippen molar-refractivity contribution in [2.24, 2.45) is 0 Å². The summed E-state index contributed by atoms with van der Waals surface area (Å²) in [6, 6.07) is 9.12. The molecule has 3 heterocycles. The van der Waals surface area contributed by atoms with Gasteiger partial charge in [-0.05, 0) is 38.1 Å². The molecule has 4 aromatic rings. The van der Waals surface area contributed by atoms with Gasteiger partial charge in [0.25, 0.3) is 5.56 Å². The van der Waals surface area contributed by atoms with Crippen molar-refractivity contribution in [3.8, 4) is 11.8 Å². The summed E-state index contributed by atoms with van der Waals surface area (Å²) in [5, 5.41) is 12.6. The smallest absolute Gasteiger partial charge is 0.267 e. The number of aromatic nitrogens is 5. The van der Waals surface area contributed by atoms with Gasteiger partial charge in [0, 0.05) is 12.5 Å². The Bertz CT molecular complexity index is 1630. The third-order valence-corrected chi connectivity index (χ3v) is 6.23. The van der Waals surface area contributed by atoms with Gasteiger partial charge < -0.3 is 11.1 Å². The molecule has 0 aliphatic carbocycles. The van der Waals surface area contributed by atoms with Gasteiger partial charge in [0.2, 0.25) is 0 Å². The van der Waals surface area contributed by atoms with E-state index in [1.54, 1.807) is 38.2 Å². The summed E-state index contributed by atoms with van der Waals surface area (Å²) >= 11 is 0. The molecule has 3 aromatic heterocycles. The zero-order valence-electron chi connectivity index (χ0n) is 18.5. The van der Waals surface area contributed by atoms with Gasteiger partial charge in [-0.15, -0.1) is 0 Å². The number of fused-ring (bicyclic) bond motifs is 1. The lowest BCUT2D eigenvalue weighted by molar-refractivity contribution is 0.602. The largest absolute Gasteiger partial charge is 0.382 e. The standard InChI is InChI=1S/C22H20N8O3S/c1-12(26-20-15(10-23)19(24)27-13(2)28-20)21-29-16-7-4-8-17(34(3,32)33)18(16)22(31)30(21)14-6-5-9-25-11-14/h4-9,11-12H,1-3H3,(H3,24,26,27,28)/t12-/m0/s1. The van der Waals surface area contributed by atoms with Crippen molar-refractivity contribution in [3.63, 3.8) is 0 Å². The van der Waals surface area contributed by atoms with E-state index in [0.717, 1.165) is 6.26 Å². The van der Waals surface area contributed by atoms with Gasteiger partial charge in [-0.1, -0.05) is 6.07 Å². The number of nitrogen functional groups attached to an aromatic ring is 1. The highest BCUT2D eigenvalue weighted by Gasteiger charge is 2.24. The molecule has 172 valence electrons. The molecule has 12 heteroatoms. The van der Waals surface area contributed by atoms with Crippen LogP contribution in [-0.2, 0) is 9.84 Å². The molecule has 0 saturated carbocycles. The number of nitrogens with one attached hydrogen (secondary N) is 1. The van der Waals surface area contributed by atoms with Gasteiger partial charge in [0.1, 0.15) is 29.1 Å². The SMILES string of the molecule is Cc1nc(N)c(C#N)c(N[C@@H](C)c2nc3cccc(S(C)(=O)=O)c3c(=O)n2-c2cccnc2)n1. The van der Waals surface area contributed by atoms with Gasteiger partial charge in [0.05, 0.1) is 33.7 Å². The van der Waals surface area contributed by atoms with Crippen LogP contribution in [0.25, 0.3) is 16.6 Å². The lowest BCUT2D eigenvalue weighted by atomic mass is 10.2. The number of nitrogens with zero attached hydrogens (tertiary/aromatic N) is 6. The first kappa shape index (κ1) is 22.8. The van der Waals surface area contributed by atoms with Crippen molar-refractivity contribution in [2.45, 2.75) is 24.8 Å². The molecular formula is C22H20N8O3S. The number of pyridine rings is 1. The van der Waals surface area contributed by atoms with Crippen LogP contribution in [0.2, 0.25) is 0 Å². The highest BCUT2D eigenvalue weighted by molar-refractivity contribution is 7.91. The molecule has 0 spiro atoms. The number of nitriles is 1. The summed E-state index contributed by atoms with van der Waals surface area (Å²) in [5.74, 6) is 0.838. The van der Waals surface area contributed by atoms with Crippen LogP contribution in [0.5, 0.6) is 0 Å². The first-order valence-electron chi connectivity index (χ1n) is 10.1. The van der Waals surface area contributed by atoms with Crippen molar-refractivity contribution in [1.82, 2.24) is 24.5 Å². The molecule has 11 nitrogen and oxygen atoms in total. The molecule has 0 bridgehead atoms. The Balaban J connectivity index is 2.00. The zero-order valence-corrected chi connectivity index (χ0v) is 19.3. The Morgan fingerprint density at radius 1 is 1.18 bits per heavy atom. The maximum atomic E-state index is 13.7. The molecule has 34 heavy (non-hydrogen) atoms. The Morgan fingerprint density at radius 3 is 2.59 bits per heavy atom. The summed E-state index contributed by atoms with van der Waals surface area (Å²) in [6.45, 7) is 3.37. The summed E-state index contributed by atoms with van der Waals surface area (Å²) in [5.41, 5.74) is 5.98. The van der Waals surface area contributed by atoms with Crippen molar-refractivity contribution in [2.75, 3.05) is 17.3 Å². The lowest BCUT2D eigenvalue weighted by Gasteiger charge is -2.21. The van der Waals surface area contributed by atoms with E-state index in [9.17, 15) is 18.5 Å². The second-order valence-electron chi connectivity index (χ2n) is 7.60. The molecule has 4 rings (SSSR count). The van der Waals surface area contributed by atoms with Crippen LogP contribution in [0.3, 0.4) is 0 Å². The minimum absolute atomic E-state index is 0.0235. The molecule has 0 unspecified atom stereocenters. The fraction of sp³-hybridized carbons (Fsp3) is 0.182. The van der Waals surface area contributed by atoms with Crippen LogP contribution >= 0.6 is 0 Å². The van der Waals surface area contributed by atoms with Crippen molar-refractivity contribution >= 4 is 32.4 Å². The quantitative estimate of drug-likeness (QED) is 0.434. The van der Waals surface area contributed by atoms with E-state index >= 15 is 0 Å². The van der Waals surface area contributed by atoms with E-state index in [4.69, 9.17) is 5.73 Å². The first-order chi connectivity index (χ1) is 16.1. The van der Waals surface area contributed by atoms with E-state index in [-0.39, 0.29) is 38.8 Å². The summed E-state index contributed by atoms with van der Waals surface area (Å²) in [6.07, 6.45) is 4.07. The van der Waals surface area contributed by atoms with Crippen LogP contribution in [0, 0.1) is 18.3 Å². The average molecular weight is 477 g/mol. The minimum Gasteiger partial charge on any atom is -0.382 e. The summed E-state index contributed by atoms with van der Waals surface area (Å²) in [4.78, 5) is 30.6. The van der Waals surface area contributed by atoms with Crippen LogP contribution in [0.1, 0.15) is 30.2 Å². The fourth-order valence-electron chi connectivity index (χ4n) is 3.63. The van der Waals surface area contributed by atoms with Crippen molar-refractivity contribution < 1.29 is 8.42 Å². The Labute approximate surface area is 194 Å². The summed E-state index contributed by atoms with van der Waals surface area (Å²) in [7, 11) is -3.70. The number of benzene rings is 1. The van der Waals surface area contributed by atoms with Crippen LogP contribution in [0.4, 0.5) is 11.6 Å². The number of aryl methyl sites for hydroxylation is 1. The average Bonchev–Trinajstić information content (AvgIpc) is 2.78. The number of anilines is 2.